The van der Waals surface area contributed by atoms with Crippen LogP contribution in [0.5, 0.6) is 5.75 Å². The van der Waals surface area contributed by atoms with Crippen LogP contribution in [0.2, 0.25) is 0 Å². The average molecular weight is 307 g/mol. The molecule has 1 fully saturated rings. The van der Waals surface area contributed by atoms with Gasteiger partial charge in [0.2, 0.25) is 0 Å². The summed E-state index contributed by atoms with van der Waals surface area (Å²) in [5.41, 5.74) is -0.928. The van der Waals surface area contributed by atoms with Crippen LogP contribution in [0, 0.1) is 0 Å². The van der Waals surface area contributed by atoms with Crippen LogP contribution in [0.15, 0.2) is 24.3 Å². The van der Waals surface area contributed by atoms with E-state index in [1.807, 2.05) is 0 Å². The summed E-state index contributed by atoms with van der Waals surface area (Å²) in [7, 11) is 0. The van der Waals surface area contributed by atoms with Crippen molar-refractivity contribution in [3.8, 4) is 5.75 Å². The van der Waals surface area contributed by atoms with Gasteiger partial charge in [0.1, 0.15) is 5.75 Å². The standard InChI is InChI=1S/C16H21NO5/c1-2-3-9-22-13-6-4-12(5-7-13)14(18)17-16(15(19)20)8-10-21-11-16/h4-7H,2-3,8-11H2,1H3,(H,17,18)(H,19,20). The van der Waals surface area contributed by atoms with Gasteiger partial charge in [0, 0.05) is 18.6 Å². The summed E-state index contributed by atoms with van der Waals surface area (Å²) in [6.07, 6.45) is 2.30. The number of unbranched alkanes of at least 4 members (excludes halogenated alkanes) is 1. The van der Waals surface area contributed by atoms with Gasteiger partial charge in [-0.25, -0.2) is 4.79 Å². The van der Waals surface area contributed by atoms with Gasteiger partial charge >= 0.3 is 5.97 Å². The molecule has 0 aliphatic carbocycles. The van der Waals surface area contributed by atoms with Gasteiger partial charge < -0.3 is 19.9 Å². The number of rotatable bonds is 7. The number of carbonyl (C=O) groups is 2. The molecule has 0 aromatic heterocycles. The van der Waals surface area contributed by atoms with Gasteiger partial charge in [0.05, 0.1) is 13.2 Å². The molecule has 6 nitrogen and oxygen atoms in total. The van der Waals surface area contributed by atoms with Crippen LogP contribution in [0.3, 0.4) is 0 Å². The second kappa shape index (κ2) is 7.26. The summed E-state index contributed by atoms with van der Waals surface area (Å²) in [5.74, 6) is -0.798. The van der Waals surface area contributed by atoms with Gasteiger partial charge in [-0.1, -0.05) is 13.3 Å². The molecule has 1 aliphatic rings. The molecule has 1 unspecified atom stereocenters. The third-order valence-electron chi connectivity index (χ3n) is 3.67. The Balaban J connectivity index is 1.99. The minimum atomic E-state index is -1.33. The zero-order valence-electron chi connectivity index (χ0n) is 12.6. The van der Waals surface area contributed by atoms with Crippen LogP contribution in [-0.4, -0.2) is 42.3 Å². The number of nitrogens with one attached hydrogen (secondary N) is 1. The molecule has 1 heterocycles. The van der Waals surface area contributed by atoms with E-state index in [9.17, 15) is 14.7 Å². The molecule has 1 aliphatic heterocycles. The van der Waals surface area contributed by atoms with Crippen molar-refractivity contribution in [1.82, 2.24) is 5.32 Å². The van der Waals surface area contributed by atoms with Gasteiger partial charge in [-0.05, 0) is 30.7 Å². The smallest absolute Gasteiger partial charge is 0.331 e. The minimum Gasteiger partial charge on any atom is -0.494 e. The van der Waals surface area contributed by atoms with E-state index in [1.54, 1.807) is 24.3 Å². The second-order valence-corrected chi connectivity index (χ2v) is 5.37. The predicted octanol–water partition coefficient (Wildman–Crippen LogP) is 1.84. The zero-order chi connectivity index (χ0) is 16.0. The topological polar surface area (TPSA) is 84.9 Å². The van der Waals surface area contributed by atoms with Crippen molar-refractivity contribution < 1.29 is 24.2 Å². The van der Waals surface area contributed by atoms with Crippen molar-refractivity contribution in [3.05, 3.63) is 29.8 Å². The monoisotopic (exact) mass is 307 g/mol. The average Bonchev–Trinajstić information content (AvgIpc) is 2.98. The summed E-state index contributed by atoms with van der Waals surface area (Å²) in [6, 6.07) is 6.68. The van der Waals surface area contributed by atoms with Crippen LogP contribution in [0.1, 0.15) is 36.5 Å². The molecule has 0 radical (unpaired) electrons. The van der Waals surface area contributed by atoms with Crippen LogP contribution in [0.25, 0.3) is 0 Å². The minimum absolute atomic E-state index is 0.00765. The Morgan fingerprint density at radius 2 is 2.09 bits per heavy atom. The van der Waals surface area contributed by atoms with Crippen molar-refractivity contribution in [3.63, 3.8) is 0 Å². The molecule has 120 valence electrons. The number of ether oxygens (including phenoxy) is 2. The number of carboxylic acids is 1. The molecule has 1 atom stereocenters. The molecular formula is C16H21NO5. The van der Waals surface area contributed by atoms with E-state index in [1.165, 1.54) is 0 Å². The van der Waals surface area contributed by atoms with E-state index in [0.717, 1.165) is 12.8 Å². The van der Waals surface area contributed by atoms with E-state index in [0.29, 0.717) is 24.5 Å². The Morgan fingerprint density at radius 3 is 2.64 bits per heavy atom. The van der Waals surface area contributed by atoms with Gasteiger partial charge in [-0.3, -0.25) is 4.79 Å². The third-order valence-corrected chi connectivity index (χ3v) is 3.67. The predicted molar refractivity (Wildman–Crippen MR) is 80.1 cm³/mol. The number of carbonyl (C=O) groups excluding carboxylic acids is 1. The van der Waals surface area contributed by atoms with E-state index < -0.39 is 17.4 Å². The van der Waals surface area contributed by atoms with Gasteiger partial charge in [-0.2, -0.15) is 0 Å². The molecular weight excluding hydrogens is 286 g/mol. The van der Waals surface area contributed by atoms with Crippen molar-refractivity contribution in [2.24, 2.45) is 0 Å². The molecule has 0 bridgehead atoms. The lowest BCUT2D eigenvalue weighted by Crippen LogP contribution is -2.55. The number of carboxylic acid groups (broad SMARTS) is 1. The van der Waals surface area contributed by atoms with E-state index >= 15 is 0 Å². The van der Waals surface area contributed by atoms with Gasteiger partial charge in [-0.15, -0.1) is 0 Å². The van der Waals surface area contributed by atoms with Crippen LogP contribution >= 0.6 is 0 Å². The first-order valence-electron chi connectivity index (χ1n) is 7.44. The molecule has 6 heteroatoms. The summed E-state index contributed by atoms with van der Waals surface area (Å²) < 4.78 is 10.6. The first-order chi connectivity index (χ1) is 10.6. The van der Waals surface area contributed by atoms with Gasteiger partial charge in [0.25, 0.3) is 5.91 Å². The lowest BCUT2D eigenvalue weighted by molar-refractivity contribution is -0.144. The number of aliphatic carboxylic acids is 1. The van der Waals surface area contributed by atoms with Crippen LogP contribution in [0.4, 0.5) is 0 Å². The fourth-order valence-corrected chi connectivity index (χ4v) is 2.21. The Morgan fingerprint density at radius 1 is 1.36 bits per heavy atom. The lowest BCUT2D eigenvalue weighted by atomic mass is 9.98. The number of hydrogen-bond donors (Lipinski definition) is 2. The van der Waals surface area contributed by atoms with E-state index in [2.05, 4.69) is 12.2 Å². The maximum absolute atomic E-state index is 12.2. The lowest BCUT2D eigenvalue weighted by Gasteiger charge is -2.23. The van der Waals surface area contributed by atoms with Crippen LogP contribution in [-0.2, 0) is 9.53 Å². The number of hydrogen-bond acceptors (Lipinski definition) is 4. The quantitative estimate of drug-likeness (QED) is 0.751. The summed E-state index contributed by atoms with van der Waals surface area (Å²) in [4.78, 5) is 23.6. The highest BCUT2D eigenvalue weighted by molar-refractivity contribution is 5.98. The first kappa shape index (κ1) is 16.3. The Kier molecular flexibility index (Phi) is 5.38. The Hall–Kier alpha value is -2.08. The highest BCUT2D eigenvalue weighted by atomic mass is 16.5. The summed E-state index contributed by atoms with van der Waals surface area (Å²) in [5, 5.41) is 11.9. The largest absolute Gasteiger partial charge is 0.494 e. The van der Waals surface area contributed by atoms with Gasteiger partial charge in [0.15, 0.2) is 5.54 Å². The molecule has 0 saturated carbocycles. The number of benzene rings is 1. The molecule has 1 amide bonds. The third kappa shape index (κ3) is 3.76. The maximum atomic E-state index is 12.2. The van der Waals surface area contributed by atoms with Crippen LogP contribution < -0.4 is 10.1 Å². The van der Waals surface area contributed by atoms with E-state index in [4.69, 9.17) is 9.47 Å². The summed E-state index contributed by atoms with van der Waals surface area (Å²) >= 11 is 0. The van der Waals surface area contributed by atoms with Crippen molar-refractivity contribution >= 4 is 11.9 Å². The Labute approximate surface area is 129 Å². The normalized spacial score (nSPS) is 20.6. The molecule has 2 rings (SSSR count). The van der Waals surface area contributed by atoms with Crippen molar-refractivity contribution in [2.75, 3.05) is 19.8 Å². The summed E-state index contributed by atoms with van der Waals surface area (Å²) in [6.45, 7) is 3.05. The molecule has 0 spiro atoms. The molecule has 1 aromatic carbocycles. The SMILES string of the molecule is CCCCOc1ccc(C(=O)NC2(C(=O)O)CCOC2)cc1. The van der Waals surface area contributed by atoms with Crippen molar-refractivity contribution in [2.45, 2.75) is 31.7 Å². The molecule has 1 saturated heterocycles. The fourth-order valence-electron chi connectivity index (χ4n) is 2.21. The second-order valence-electron chi connectivity index (χ2n) is 5.37. The molecule has 1 aromatic rings. The van der Waals surface area contributed by atoms with E-state index in [-0.39, 0.29) is 13.0 Å². The molecule has 22 heavy (non-hydrogen) atoms. The molecule has 2 N–H and O–H groups in total. The maximum Gasteiger partial charge on any atom is 0.331 e. The first-order valence-corrected chi connectivity index (χ1v) is 7.44. The highest BCUT2D eigenvalue weighted by Gasteiger charge is 2.44. The zero-order valence-corrected chi connectivity index (χ0v) is 12.6. The highest BCUT2D eigenvalue weighted by Crippen LogP contribution is 2.20. The number of amides is 1. The fraction of sp³-hybridized carbons (Fsp3) is 0.500. The Bertz CT molecular complexity index is 520. The van der Waals surface area contributed by atoms with Crippen molar-refractivity contribution in [1.29, 1.82) is 0 Å².